The van der Waals surface area contributed by atoms with Crippen LogP contribution in [-0.4, -0.2) is 28.0 Å². The lowest BCUT2D eigenvalue weighted by atomic mass is 9.88. The number of nitrogens with one attached hydrogen (secondary N) is 1. The van der Waals surface area contributed by atoms with E-state index < -0.39 is 0 Å². The number of benzene rings is 1. The van der Waals surface area contributed by atoms with Crippen LogP contribution in [0.5, 0.6) is 5.75 Å². The first-order chi connectivity index (χ1) is 14.2. The zero-order chi connectivity index (χ0) is 20.1. The van der Waals surface area contributed by atoms with Crippen molar-refractivity contribution in [1.82, 2.24) is 14.9 Å². The summed E-state index contributed by atoms with van der Waals surface area (Å²) < 4.78 is 5.75. The van der Waals surface area contributed by atoms with Crippen LogP contribution in [0.1, 0.15) is 80.4 Å². The van der Waals surface area contributed by atoms with Crippen LogP contribution in [0.15, 0.2) is 29.1 Å². The number of ether oxygens (including phenoxy) is 1. The molecule has 1 aliphatic carbocycles. The number of H-pyrrole nitrogens is 1. The molecule has 1 saturated carbocycles. The maximum Gasteiger partial charge on any atom is 0.255 e. The molecular weight excluding hydrogens is 362 g/mol. The van der Waals surface area contributed by atoms with Gasteiger partial charge in [-0.25, -0.2) is 4.98 Å². The zero-order valence-corrected chi connectivity index (χ0v) is 17.6. The molecule has 1 aromatic carbocycles. The molecule has 0 atom stereocenters. The molecule has 29 heavy (non-hydrogen) atoms. The lowest BCUT2D eigenvalue weighted by Gasteiger charge is -2.29. The van der Waals surface area contributed by atoms with Gasteiger partial charge in [-0.1, -0.05) is 44.7 Å². The number of unbranched alkanes of at least 4 members (excludes halogenated alkanes) is 1. The SMILES string of the molecule is CCCCOc1ccc(CN2CCc3nc(C4CCCCC4)[nH]c(=O)c3C2)cc1. The van der Waals surface area contributed by atoms with Crippen molar-refractivity contribution in [3.05, 3.63) is 57.3 Å². The van der Waals surface area contributed by atoms with Gasteiger partial charge in [0.15, 0.2) is 0 Å². The number of rotatable bonds is 7. The third kappa shape index (κ3) is 5.08. The van der Waals surface area contributed by atoms with Gasteiger partial charge in [-0.3, -0.25) is 9.69 Å². The maximum absolute atomic E-state index is 12.8. The predicted octanol–water partition coefficient (Wildman–Crippen LogP) is 4.55. The van der Waals surface area contributed by atoms with Gasteiger partial charge >= 0.3 is 0 Å². The molecule has 2 aromatic rings. The standard InChI is InChI=1S/C24H33N3O2/c1-2-3-15-29-20-11-9-18(10-12-20)16-27-14-13-22-21(17-27)24(28)26-23(25-22)19-7-5-4-6-8-19/h9-12,19H,2-8,13-17H2,1H3,(H,25,26,28). The second-order valence-electron chi connectivity index (χ2n) is 8.52. The van der Waals surface area contributed by atoms with E-state index in [0.29, 0.717) is 12.5 Å². The summed E-state index contributed by atoms with van der Waals surface area (Å²) in [5, 5.41) is 0. The highest BCUT2D eigenvalue weighted by atomic mass is 16.5. The van der Waals surface area contributed by atoms with Gasteiger partial charge < -0.3 is 9.72 Å². The summed E-state index contributed by atoms with van der Waals surface area (Å²) >= 11 is 0. The molecule has 156 valence electrons. The van der Waals surface area contributed by atoms with Crippen LogP contribution in [0, 0.1) is 0 Å². The summed E-state index contributed by atoms with van der Waals surface area (Å²) in [7, 11) is 0. The third-order valence-corrected chi connectivity index (χ3v) is 6.25. The average molecular weight is 396 g/mol. The van der Waals surface area contributed by atoms with E-state index >= 15 is 0 Å². The normalized spacial score (nSPS) is 17.8. The Labute approximate surface area is 173 Å². The Morgan fingerprint density at radius 1 is 1.17 bits per heavy atom. The van der Waals surface area contributed by atoms with Gasteiger partial charge in [-0.15, -0.1) is 0 Å². The lowest BCUT2D eigenvalue weighted by molar-refractivity contribution is 0.240. The van der Waals surface area contributed by atoms with E-state index in [4.69, 9.17) is 9.72 Å². The molecule has 2 aliphatic rings. The first-order valence-electron chi connectivity index (χ1n) is 11.3. The minimum absolute atomic E-state index is 0.0694. The average Bonchev–Trinajstić information content (AvgIpc) is 2.76. The fraction of sp³-hybridized carbons (Fsp3) is 0.583. The predicted molar refractivity (Wildman–Crippen MR) is 115 cm³/mol. The van der Waals surface area contributed by atoms with E-state index in [-0.39, 0.29) is 5.56 Å². The lowest BCUT2D eigenvalue weighted by Crippen LogP contribution is -2.36. The Bertz CT molecular complexity index is 853. The van der Waals surface area contributed by atoms with Crippen molar-refractivity contribution < 1.29 is 4.74 Å². The van der Waals surface area contributed by atoms with E-state index in [1.54, 1.807) is 0 Å². The number of nitrogens with zero attached hydrogens (tertiary/aromatic N) is 2. The molecule has 1 aliphatic heterocycles. The summed E-state index contributed by atoms with van der Waals surface area (Å²) in [6.07, 6.45) is 9.22. The van der Waals surface area contributed by atoms with Crippen molar-refractivity contribution in [2.45, 2.75) is 77.3 Å². The number of aromatic nitrogens is 2. The van der Waals surface area contributed by atoms with E-state index in [2.05, 4.69) is 28.9 Å². The van der Waals surface area contributed by atoms with Crippen molar-refractivity contribution in [2.24, 2.45) is 0 Å². The van der Waals surface area contributed by atoms with Crippen molar-refractivity contribution in [3.63, 3.8) is 0 Å². The monoisotopic (exact) mass is 395 g/mol. The van der Waals surface area contributed by atoms with Gasteiger partial charge in [0.2, 0.25) is 0 Å². The third-order valence-electron chi connectivity index (χ3n) is 6.25. The summed E-state index contributed by atoms with van der Waals surface area (Å²) in [5.41, 5.74) is 3.19. The zero-order valence-electron chi connectivity index (χ0n) is 17.6. The quantitative estimate of drug-likeness (QED) is 0.699. The number of hydrogen-bond acceptors (Lipinski definition) is 4. The molecule has 0 amide bonds. The van der Waals surface area contributed by atoms with E-state index in [0.717, 1.165) is 74.6 Å². The highest BCUT2D eigenvalue weighted by molar-refractivity contribution is 5.28. The highest BCUT2D eigenvalue weighted by Crippen LogP contribution is 2.30. The van der Waals surface area contributed by atoms with Gasteiger partial charge in [0.05, 0.1) is 17.9 Å². The first kappa shape index (κ1) is 20.1. The van der Waals surface area contributed by atoms with Crippen LogP contribution >= 0.6 is 0 Å². The first-order valence-corrected chi connectivity index (χ1v) is 11.3. The molecule has 4 rings (SSSR count). The largest absolute Gasteiger partial charge is 0.494 e. The van der Waals surface area contributed by atoms with Crippen molar-refractivity contribution in [3.8, 4) is 5.75 Å². The summed E-state index contributed by atoms with van der Waals surface area (Å²) in [5.74, 6) is 2.31. The molecule has 0 unspecified atom stereocenters. The molecule has 2 heterocycles. The fourth-order valence-electron chi connectivity index (χ4n) is 4.49. The van der Waals surface area contributed by atoms with Crippen molar-refractivity contribution >= 4 is 0 Å². The van der Waals surface area contributed by atoms with Crippen LogP contribution < -0.4 is 10.3 Å². The summed E-state index contributed by atoms with van der Waals surface area (Å²) in [4.78, 5) is 23.1. The van der Waals surface area contributed by atoms with Gasteiger partial charge in [0, 0.05) is 32.0 Å². The Balaban J connectivity index is 1.39. The van der Waals surface area contributed by atoms with Crippen LogP contribution in [-0.2, 0) is 19.5 Å². The number of hydrogen-bond donors (Lipinski definition) is 1. The van der Waals surface area contributed by atoms with E-state index in [9.17, 15) is 4.79 Å². The Morgan fingerprint density at radius 3 is 2.72 bits per heavy atom. The second-order valence-corrected chi connectivity index (χ2v) is 8.52. The molecule has 0 saturated heterocycles. The van der Waals surface area contributed by atoms with Gasteiger partial charge in [-0.2, -0.15) is 0 Å². The minimum atomic E-state index is 0.0694. The van der Waals surface area contributed by atoms with Crippen molar-refractivity contribution in [2.75, 3.05) is 13.2 Å². The molecular formula is C24H33N3O2. The Hall–Kier alpha value is -2.14. The van der Waals surface area contributed by atoms with Crippen LogP contribution in [0.4, 0.5) is 0 Å². The van der Waals surface area contributed by atoms with Crippen LogP contribution in [0.3, 0.4) is 0 Å². The van der Waals surface area contributed by atoms with E-state index in [1.807, 2.05) is 12.1 Å². The second kappa shape index (κ2) is 9.57. The Morgan fingerprint density at radius 2 is 1.97 bits per heavy atom. The van der Waals surface area contributed by atoms with Crippen LogP contribution in [0.2, 0.25) is 0 Å². The summed E-state index contributed by atoms with van der Waals surface area (Å²) in [6, 6.07) is 8.36. The highest BCUT2D eigenvalue weighted by Gasteiger charge is 2.24. The molecule has 1 aromatic heterocycles. The molecule has 0 radical (unpaired) electrons. The maximum atomic E-state index is 12.8. The van der Waals surface area contributed by atoms with E-state index in [1.165, 1.54) is 24.8 Å². The van der Waals surface area contributed by atoms with Gasteiger partial charge in [0.25, 0.3) is 5.56 Å². The van der Waals surface area contributed by atoms with Gasteiger partial charge in [-0.05, 0) is 37.0 Å². The number of fused-ring (bicyclic) bond motifs is 1. The number of aromatic amines is 1. The minimum Gasteiger partial charge on any atom is -0.494 e. The Kier molecular flexibility index (Phi) is 6.65. The molecule has 5 nitrogen and oxygen atoms in total. The van der Waals surface area contributed by atoms with Gasteiger partial charge in [0.1, 0.15) is 11.6 Å². The molecule has 1 fully saturated rings. The molecule has 1 N–H and O–H groups in total. The molecule has 0 bridgehead atoms. The molecule has 0 spiro atoms. The smallest absolute Gasteiger partial charge is 0.255 e. The summed E-state index contributed by atoms with van der Waals surface area (Å²) in [6.45, 7) is 5.41. The topological polar surface area (TPSA) is 58.2 Å². The fourth-order valence-corrected chi connectivity index (χ4v) is 4.49. The van der Waals surface area contributed by atoms with Crippen LogP contribution in [0.25, 0.3) is 0 Å². The molecule has 5 heteroatoms. The van der Waals surface area contributed by atoms with Crippen molar-refractivity contribution in [1.29, 1.82) is 0 Å².